The molecule has 18 heavy (non-hydrogen) atoms. The molecule has 0 radical (unpaired) electrons. The van der Waals surface area contributed by atoms with E-state index in [2.05, 4.69) is 10.3 Å². The van der Waals surface area contributed by atoms with E-state index in [0.29, 0.717) is 12.6 Å². The molecule has 0 atom stereocenters. The molecule has 3 heteroatoms. The number of nitrogens with one attached hydrogen (secondary N) is 2. The molecule has 0 bridgehead atoms. The molecule has 2 aromatic rings. The number of aromatic amines is 1. The number of fused-ring (bicyclic) bond motifs is 1. The summed E-state index contributed by atoms with van der Waals surface area (Å²) in [5.74, 6) is 0.180. The summed E-state index contributed by atoms with van der Waals surface area (Å²) in [6, 6.07) is 8.48. The van der Waals surface area contributed by atoms with Crippen LogP contribution in [0, 0.1) is 0 Å². The molecule has 0 unspecified atom stereocenters. The first-order chi connectivity index (χ1) is 8.84. The zero-order valence-corrected chi connectivity index (χ0v) is 10.4. The Morgan fingerprint density at radius 1 is 1.28 bits per heavy atom. The lowest BCUT2D eigenvalue weighted by atomic mass is 10.1. The summed E-state index contributed by atoms with van der Waals surface area (Å²) in [7, 11) is 0. The number of rotatable bonds is 4. The maximum Gasteiger partial charge on any atom is 0.178 e. The van der Waals surface area contributed by atoms with E-state index < -0.39 is 0 Å². The molecule has 1 aliphatic rings. The zero-order chi connectivity index (χ0) is 12.4. The smallest absolute Gasteiger partial charge is 0.178 e. The van der Waals surface area contributed by atoms with Crippen molar-refractivity contribution in [3.63, 3.8) is 0 Å². The lowest BCUT2D eigenvalue weighted by Crippen LogP contribution is -2.31. The van der Waals surface area contributed by atoms with Gasteiger partial charge in [-0.2, -0.15) is 0 Å². The average molecular weight is 242 g/mol. The zero-order valence-electron chi connectivity index (χ0n) is 10.4. The van der Waals surface area contributed by atoms with Crippen molar-refractivity contribution < 1.29 is 4.79 Å². The summed E-state index contributed by atoms with van der Waals surface area (Å²) in [6.07, 6.45) is 6.82. The van der Waals surface area contributed by atoms with Crippen LogP contribution in [0.15, 0.2) is 30.5 Å². The summed E-state index contributed by atoms with van der Waals surface area (Å²) in [6.45, 7) is 0.451. The number of carbonyl (C=O) groups is 1. The lowest BCUT2D eigenvalue weighted by Gasteiger charge is -2.10. The van der Waals surface area contributed by atoms with Gasteiger partial charge in [0.2, 0.25) is 0 Å². The number of hydrogen-bond donors (Lipinski definition) is 2. The summed E-state index contributed by atoms with van der Waals surface area (Å²) in [4.78, 5) is 15.3. The highest BCUT2D eigenvalue weighted by atomic mass is 16.1. The highest BCUT2D eigenvalue weighted by molar-refractivity contribution is 6.08. The van der Waals surface area contributed by atoms with E-state index in [-0.39, 0.29) is 5.78 Å². The van der Waals surface area contributed by atoms with E-state index in [9.17, 15) is 4.79 Å². The van der Waals surface area contributed by atoms with Gasteiger partial charge in [-0.25, -0.2) is 0 Å². The number of para-hydroxylation sites is 1. The second-order valence-electron chi connectivity index (χ2n) is 5.03. The Hall–Kier alpha value is -1.61. The Labute approximate surface area is 107 Å². The highest BCUT2D eigenvalue weighted by Gasteiger charge is 2.17. The van der Waals surface area contributed by atoms with Crippen LogP contribution in [0.25, 0.3) is 10.9 Å². The van der Waals surface area contributed by atoms with Gasteiger partial charge >= 0.3 is 0 Å². The standard InChI is InChI=1S/C15H18N2O/c18-15(10-16-11-5-1-2-6-11)13-9-17-14-8-4-3-7-12(13)14/h3-4,7-9,11,16-17H,1-2,5-6,10H2. The number of carbonyl (C=O) groups excluding carboxylic acids is 1. The van der Waals surface area contributed by atoms with Gasteiger partial charge in [-0.1, -0.05) is 31.0 Å². The van der Waals surface area contributed by atoms with Crippen LogP contribution >= 0.6 is 0 Å². The third-order valence-corrected chi connectivity index (χ3v) is 3.80. The van der Waals surface area contributed by atoms with E-state index in [1.165, 1.54) is 25.7 Å². The van der Waals surface area contributed by atoms with Crippen LogP contribution < -0.4 is 5.32 Å². The first-order valence-electron chi connectivity index (χ1n) is 6.67. The normalized spacial score (nSPS) is 16.4. The number of aromatic nitrogens is 1. The average Bonchev–Trinajstić information content (AvgIpc) is 3.05. The SMILES string of the molecule is O=C(CNC1CCCC1)c1c[nH]c2ccccc12. The molecule has 0 saturated heterocycles. The maximum absolute atomic E-state index is 12.2. The molecule has 1 aromatic carbocycles. The molecule has 1 aliphatic carbocycles. The summed E-state index contributed by atoms with van der Waals surface area (Å²) in [5, 5.41) is 4.39. The van der Waals surface area contributed by atoms with Crippen LogP contribution in [-0.4, -0.2) is 23.4 Å². The van der Waals surface area contributed by atoms with Gasteiger partial charge in [0, 0.05) is 28.7 Å². The van der Waals surface area contributed by atoms with Crippen molar-refractivity contribution in [3.05, 3.63) is 36.0 Å². The molecule has 1 heterocycles. The Kier molecular flexibility index (Phi) is 3.15. The number of H-pyrrole nitrogens is 1. The second kappa shape index (κ2) is 4.94. The van der Waals surface area contributed by atoms with Gasteiger partial charge in [0.25, 0.3) is 0 Å². The van der Waals surface area contributed by atoms with E-state index >= 15 is 0 Å². The summed E-state index contributed by atoms with van der Waals surface area (Å²) >= 11 is 0. The molecule has 94 valence electrons. The minimum absolute atomic E-state index is 0.180. The van der Waals surface area contributed by atoms with Crippen LogP contribution in [0.1, 0.15) is 36.0 Å². The monoisotopic (exact) mass is 242 g/mol. The van der Waals surface area contributed by atoms with Crippen molar-refractivity contribution in [2.45, 2.75) is 31.7 Å². The summed E-state index contributed by atoms with van der Waals surface area (Å²) < 4.78 is 0. The maximum atomic E-state index is 12.2. The molecule has 2 N–H and O–H groups in total. The van der Waals surface area contributed by atoms with E-state index in [0.717, 1.165) is 16.5 Å². The molecule has 3 rings (SSSR count). The molecular weight excluding hydrogens is 224 g/mol. The third kappa shape index (κ3) is 2.18. The Morgan fingerprint density at radius 3 is 2.89 bits per heavy atom. The van der Waals surface area contributed by atoms with Crippen molar-refractivity contribution in [2.75, 3.05) is 6.54 Å². The summed E-state index contributed by atoms with van der Waals surface area (Å²) in [5.41, 5.74) is 1.83. The van der Waals surface area contributed by atoms with Crippen molar-refractivity contribution >= 4 is 16.7 Å². The van der Waals surface area contributed by atoms with Crippen molar-refractivity contribution in [1.29, 1.82) is 0 Å². The first kappa shape index (κ1) is 11.5. The fourth-order valence-corrected chi connectivity index (χ4v) is 2.76. The molecule has 0 aliphatic heterocycles. The van der Waals surface area contributed by atoms with Gasteiger partial charge in [-0.15, -0.1) is 0 Å². The third-order valence-electron chi connectivity index (χ3n) is 3.80. The van der Waals surface area contributed by atoms with Gasteiger partial charge in [0.1, 0.15) is 0 Å². The van der Waals surface area contributed by atoms with Gasteiger partial charge in [-0.3, -0.25) is 4.79 Å². The predicted octanol–water partition coefficient (Wildman–Crippen LogP) is 2.88. The van der Waals surface area contributed by atoms with Gasteiger partial charge in [0.15, 0.2) is 5.78 Å². The quantitative estimate of drug-likeness (QED) is 0.810. The van der Waals surface area contributed by atoms with Crippen molar-refractivity contribution in [1.82, 2.24) is 10.3 Å². The van der Waals surface area contributed by atoms with Crippen LogP contribution in [-0.2, 0) is 0 Å². The molecule has 0 spiro atoms. The van der Waals surface area contributed by atoms with E-state index in [1.54, 1.807) is 0 Å². The minimum atomic E-state index is 0.180. The molecule has 1 saturated carbocycles. The van der Waals surface area contributed by atoms with Crippen molar-refractivity contribution in [3.8, 4) is 0 Å². The number of benzene rings is 1. The largest absolute Gasteiger partial charge is 0.360 e. The Bertz CT molecular complexity index is 552. The minimum Gasteiger partial charge on any atom is -0.360 e. The van der Waals surface area contributed by atoms with Crippen LogP contribution in [0.4, 0.5) is 0 Å². The van der Waals surface area contributed by atoms with E-state index in [1.807, 2.05) is 30.5 Å². The number of ketones is 1. The molecular formula is C15H18N2O. The predicted molar refractivity (Wildman–Crippen MR) is 72.9 cm³/mol. The fraction of sp³-hybridized carbons (Fsp3) is 0.400. The van der Waals surface area contributed by atoms with Crippen LogP contribution in [0.5, 0.6) is 0 Å². The number of hydrogen-bond acceptors (Lipinski definition) is 2. The molecule has 1 fully saturated rings. The Balaban J connectivity index is 1.71. The Morgan fingerprint density at radius 2 is 2.06 bits per heavy atom. The van der Waals surface area contributed by atoms with Crippen molar-refractivity contribution in [2.24, 2.45) is 0 Å². The molecule has 0 amide bonds. The van der Waals surface area contributed by atoms with Crippen LogP contribution in [0.2, 0.25) is 0 Å². The molecule has 1 aromatic heterocycles. The lowest BCUT2D eigenvalue weighted by molar-refractivity contribution is 0.0989. The van der Waals surface area contributed by atoms with Gasteiger partial charge < -0.3 is 10.3 Å². The van der Waals surface area contributed by atoms with E-state index in [4.69, 9.17) is 0 Å². The number of Topliss-reactive ketones (excluding diaryl/α,β-unsaturated/α-hetero) is 1. The van der Waals surface area contributed by atoms with Gasteiger partial charge in [-0.05, 0) is 18.9 Å². The van der Waals surface area contributed by atoms with Gasteiger partial charge in [0.05, 0.1) is 6.54 Å². The topological polar surface area (TPSA) is 44.9 Å². The molecule has 3 nitrogen and oxygen atoms in total. The fourth-order valence-electron chi connectivity index (χ4n) is 2.76. The highest BCUT2D eigenvalue weighted by Crippen LogP contribution is 2.19. The first-order valence-corrected chi connectivity index (χ1v) is 6.67. The second-order valence-corrected chi connectivity index (χ2v) is 5.03. The van der Waals surface area contributed by atoms with Crippen LogP contribution in [0.3, 0.4) is 0 Å².